The summed E-state index contributed by atoms with van der Waals surface area (Å²) in [5, 5.41) is 3.24. The van der Waals surface area contributed by atoms with Gasteiger partial charge in [0.05, 0.1) is 36.7 Å². The fourth-order valence-electron chi connectivity index (χ4n) is 2.78. The van der Waals surface area contributed by atoms with E-state index in [0.717, 1.165) is 5.56 Å². The van der Waals surface area contributed by atoms with Crippen LogP contribution in [0.25, 0.3) is 0 Å². The number of hydrogen-bond acceptors (Lipinski definition) is 7. The van der Waals surface area contributed by atoms with Gasteiger partial charge in [-0.3, -0.25) is 14.5 Å². The lowest BCUT2D eigenvalue weighted by atomic mass is 10.1. The lowest BCUT2D eigenvalue weighted by Gasteiger charge is -2.16. The molecule has 1 aromatic rings. The van der Waals surface area contributed by atoms with E-state index < -0.39 is 5.97 Å². The molecule has 1 aromatic carbocycles. The van der Waals surface area contributed by atoms with Crippen LogP contribution in [0.3, 0.4) is 0 Å². The highest BCUT2D eigenvalue weighted by Crippen LogP contribution is 2.29. The molecule has 8 nitrogen and oxygen atoms in total. The third-order valence-electron chi connectivity index (χ3n) is 4.08. The molecule has 0 aromatic heterocycles. The maximum absolute atomic E-state index is 12.3. The molecular weight excluding hydrogens is 408 g/mol. The molecule has 0 saturated carbocycles. The molecule has 1 aliphatic rings. The number of nitrogens with zero attached hydrogens (tertiary/aromatic N) is 1. The number of carbonyl (C=O) groups is 3. The lowest BCUT2D eigenvalue weighted by Crippen LogP contribution is -2.38. The van der Waals surface area contributed by atoms with Crippen molar-refractivity contribution in [2.45, 2.75) is 27.2 Å². The van der Waals surface area contributed by atoms with Gasteiger partial charge in [-0.15, -0.1) is 0 Å². The number of hydrogen-bond donors (Lipinski definition) is 1. The summed E-state index contributed by atoms with van der Waals surface area (Å²) in [4.78, 5) is 37.3. The van der Waals surface area contributed by atoms with E-state index in [0.29, 0.717) is 42.7 Å². The number of esters is 1. The molecule has 0 bridgehead atoms. The van der Waals surface area contributed by atoms with Crippen LogP contribution in [0, 0.1) is 0 Å². The molecule has 1 heterocycles. The topological polar surface area (TPSA) is 94.2 Å². The van der Waals surface area contributed by atoms with Crippen molar-refractivity contribution in [3.05, 3.63) is 34.9 Å². The quantitative estimate of drug-likeness (QED) is 0.419. The molecule has 0 aliphatic carbocycles. The minimum Gasteiger partial charge on any atom is -0.490 e. The number of nitrogens with one attached hydrogen (secondary N) is 1. The van der Waals surface area contributed by atoms with Gasteiger partial charge in [0.15, 0.2) is 11.5 Å². The first-order valence-corrected chi connectivity index (χ1v) is 10.9. The zero-order chi connectivity index (χ0) is 21.9. The average Bonchev–Trinajstić information content (AvgIpc) is 3.04. The zero-order valence-corrected chi connectivity index (χ0v) is 18.4. The van der Waals surface area contributed by atoms with E-state index in [2.05, 4.69) is 5.32 Å². The molecular formula is C21H28N2O6S. The van der Waals surface area contributed by atoms with Gasteiger partial charge in [-0.1, -0.05) is 17.8 Å². The van der Waals surface area contributed by atoms with Gasteiger partial charge >= 0.3 is 5.97 Å². The van der Waals surface area contributed by atoms with E-state index in [1.165, 1.54) is 22.7 Å². The van der Waals surface area contributed by atoms with Gasteiger partial charge in [0.1, 0.15) is 6.54 Å². The fraction of sp³-hybridized carbons (Fsp3) is 0.476. The number of ether oxygens (including phenoxy) is 3. The van der Waals surface area contributed by atoms with Gasteiger partial charge in [-0.2, -0.15) is 0 Å². The number of rotatable bonds is 11. The van der Waals surface area contributed by atoms with Crippen LogP contribution >= 0.6 is 11.8 Å². The van der Waals surface area contributed by atoms with Gasteiger partial charge in [0.2, 0.25) is 11.8 Å². The summed E-state index contributed by atoms with van der Waals surface area (Å²) >= 11 is 1.22. The standard InChI is InChI=1S/C21H28N2O6S/c1-4-27-16-8-7-15(11-17(16)28-5-2)9-10-22-18(24)13-23-19(25)14-30-20(23)12-21(26)29-6-3/h7-8,11-12H,4-6,9-10,13-14H2,1-3H3,(H,22,24). The van der Waals surface area contributed by atoms with Crippen LogP contribution < -0.4 is 14.8 Å². The second kappa shape index (κ2) is 12.1. The Kier molecular flexibility index (Phi) is 9.53. The third kappa shape index (κ3) is 6.98. The molecule has 9 heteroatoms. The summed E-state index contributed by atoms with van der Waals surface area (Å²) in [6.07, 6.45) is 1.86. The van der Waals surface area contributed by atoms with Crippen molar-refractivity contribution in [3.8, 4) is 11.5 Å². The van der Waals surface area contributed by atoms with Gasteiger partial charge in [0, 0.05) is 6.54 Å². The lowest BCUT2D eigenvalue weighted by molar-refractivity contribution is -0.137. The molecule has 0 unspecified atom stereocenters. The minimum absolute atomic E-state index is 0.134. The second-order valence-corrected chi connectivity index (χ2v) is 7.25. The molecule has 164 valence electrons. The van der Waals surface area contributed by atoms with Gasteiger partial charge < -0.3 is 19.5 Å². The monoisotopic (exact) mass is 436 g/mol. The highest BCUT2D eigenvalue weighted by molar-refractivity contribution is 8.04. The van der Waals surface area contributed by atoms with Crippen LogP contribution in [-0.4, -0.2) is 61.3 Å². The number of thioether (sulfide) groups is 1. The van der Waals surface area contributed by atoms with Crippen LogP contribution in [0.15, 0.2) is 29.3 Å². The molecule has 1 aliphatic heterocycles. The Hall–Kier alpha value is -2.68. The van der Waals surface area contributed by atoms with Crippen molar-refractivity contribution in [1.82, 2.24) is 10.2 Å². The SMILES string of the molecule is CCOC(=O)C=C1SCC(=O)N1CC(=O)NCCc1ccc(OCC)c(OCC)c1. The van der Waals surface area contributed by atoms with Crippen molar-refractivity contribution in [1.29, 1.82) is 0 Å². The summed E-state index contributed by atoms with van der Waals surface area (Å²) in [6.45, 7) is 7.13. The Morgan fingerprint density at radius 1 is 1.13 bits per heavy atom. The van der Waals surface area contributed by atoms with E-state index in [-0.39, 0.29) is 30.7 Å². The predicted octanol–water partition coefficient (Wildman–Crippen LogP) is 2.12. The number of benzene rings is 1. The van der Waals surface area contributed by atoms with E-state index in [4.69, 9.17) is 14.2 Å². The zero-order valence-electron chi connectivity index (χ0n) is 17.6. The van der Waals surface area contributed by atoms with E-state index in [1.54, 1.807) is 6.92 Å². The summed E-state index contributed by atoms with van der Waals surface area (Å²) in [5.74, 6) is 0.538. The van der Waals surface area contributed by atoms with Crippen LogP contribution in [0.4, 0.5) is 0 Å². The summed E-state index contributed by atoms with van der Waals surface area (Å²) < 4.78 is 16.0. The summed E-state index contributed by atoms with van der Waals surface area (Å²) in [6, 6.07) is 5.69. The van der Waals surface area contributed by atoms with Gasteiger partial charge in [-0.25, -0.2) is 4.79 Å². The summed E-state index contributed by atoms with van der Waals surface area (Å²) in [7, 11) is 0. The van der Waals surface area contributed by atoms with Crippen LogP contribution in [0.2, 0.25) is 0 Å². The van der Waals surface area contributed by atoms with Crippen LogP contribution in [-0.2, 0) is 25.5 Å². The fourth-order valence-corrected chi connectivity index (χ4v) is 3.71. The Morgan fingerprint density at radius 3 is 2.57 bits per heavy atom. The van der Waals surface area contributed by atoms with Crippen LogP contribution in [0.1, 0.15) is 26.3 Å². The van der Waals surface area contributed by atoms with Crippen molar-refractivity contribution in [2.75, 3.05) is 38.7 Å². The smallest absolute Gasteiger partial charge is 0.333 e. The highest BCUT2D eigenvalue weighted by atomic mass is 32.2. The molecule has 0 radical (unpaired) electrons. The summed E-state index contributed by atoms with van der Waals surface area (Å²) in [5.41, 5.74) is 0.998. The van der Waals surface area contributed by atoms with Crippen molar-refractivity contribution in [2.24, 2.45) is 0 Å². The first-order chi connectivity index (χ1) is 14.5. The molecule has 0 atom stereocenters. The Labute approximate surface area is 180 Å². The predicted molar refractivity (Wildman–Crippen MR) is 114 cm³/mol. The second-order valence-electron chi connectivity index (χ2n) is 6.25. The molecule has 1 saturated heterocycles. The van der Waals surface area contributed by atoms with Crippen LogP contribution in [0.5, 0.6) is 11.5 Å². The molecule has 0 spiro atoms. The number of amides is 2. The number of carbonyl (C=O) groups excluding carboxylic acids is 3. The maximum atomic E-state index is 12.3. The Morgan fingerprint density at radius 2 is 1.87 bits per heavy atom. The molecule has 2 amide bonds. The normalized spacial score (nSPS) is 14.7. The maximum Gasteiger partial charge on any atom is 0.333 e. The first-order valence-electron chi connectivity index (χ1n) is 9.95. The highest BCUT2D eigenvalue weighted by Gasteiger charge is 2.29. The average molecular weight is 437 g/mol. The molecule has 1 fully saturated rings. The van der Waals surface area contributed by atoms with Gasteiger partial charge in [0.25, 0.3) is 0 Å². The minimum atomic E-state index is -0.527. The molecule has 1 N–H and O–H groups in total. The van der Waals surface area contributed by atoms with Crippen molar-refractivity contribution >= 4 is 29.5 Å². The third-order valence-corrected chi connectivity index (χ3v) is 5.11. The Bertz CT molecular complexity index is 796. The van der Waals surface area contributed by atoms with E-state index in [1.807, 2.05) is 32.0 Å². The van der Waals surface area contributed by atoms with E-state index >= 15 is 0 Å². The Balaban J connectivity index is 1.89. The van der Waals surface area contributed by atoms with Gasteiger partial charge in [-0.05, 0) is 44.9 Å². The van der Waals surface area contributed by atoms with Crippen molar-refractivity contribution < 1.29 is 28.6 Å². The van der Waals surface area contributed by atoms with E-state index in [9.17, 15) is 14.4 Å². The molecule has 2 rings (SSSR count). The molecule has 30 heavy (non-hydrogen) atoms. The first kappa shape index (κ1) is 23.6. The largest absolute Gasteiger partial charge is 0.490 e. The van der Waals surface area contributed by atoms with Crippen molar-refractivity contribution in [3.63, 3.8) is 0 Å².